The van der Waals surface area contributed by atoms with E-state index in [4.69, 9.17) is 4.74 Å². The van der Waals surface area contributed by atoms with Crippen molar-refractivity contribution in [3.8, 4) is 11.7 Å². The number of ether oxygens (including phenoxy) is 1. The molecule has 19 heavy (non-hydrogen) atoms. The van der Waals surface area contributed by atoms with Crippen LogP contribution >= 0.6 is 15.9 Å². The van der Waals surface area contributed by atoms with Crippen LogP contribution in [0, 0.1) is 13.8 Å². The van der Waals surface area contributed by atoms with E-state index in [0.717, 1.165) is 27.3 Å². The number of rotatable bonds is 2. The van der Waals surface area contributed by atoms with Crippen LogP contribution in [0.3, 0.4) is 0 Å². The molecule has 0 atom stereocenters. The predicted molar refractivity (Wildman–Crippen MR) is 76.0 cm³/mol. The van der Waals surface area contributed by atoms with Crippen LogP contribution in [0.15, 0.2) is 28.9 Å². The van der Waals surface area contributed by atoms with Crippen LogP contribution in [-0.4, -0.2) is 26.3 Å². The lowest BCUT2D eigenvalue weighted by Gasteiger charge is -2.02. The summed E-state index contributed by atoms with van der Waals surface area (Å²) < 4.78 is 9.86. The molecule has 0 saturated carbocycles. The zero-order valence-electron chi connectivity index (χ0n) is 10.9. The van der Waals surface area contributed by atoms with Gasteiger partial charge in [0.25, 0.3) is 5.95 Å². The summed E-state index contributed by atoms with van der Waals surface area (Å²) in [5.41, 5.74) is 2.99. The molecular weight excluding hydrogens is 308 g/mol. The average Bonchev–Trinajstić information content (AvgIpc) is 2.91. The summed E-state index contributed by atoms with van der Waals surface area (Å²) in [4.78, 5) is 4.54. The van der Waals surface area contributed by atoms with Crippen molar-refractivity contribution in [3.05, 3.63) is 40.3 Å². The van der Waals surface area contributed by atoms with Crippen LogP contribution < -0.4 is 4.74 Å². The minimum atomic E-state index is 0.667. The number of fused-ring (bicyclic) bond motifs is 1. The third-order valence-electron chi connectivity index (χ3n) is 3.07. The first kappa shape index (κ1) is 12.2. The summed E-state index contributed by atoms with van der Waals surface area (Å²) in [5.74, 6) is 1.39. The monoisotopic (exact) mass is 320 g/mol. The maximum atomic E-state index is 5.26. The van der Waals surface area contributed by atoms with Crippen molar-refractivity contribution in [3.63, 3.8) is 0 Å². The van der Waals surface area contributed by atoms with Crippen LogP contribution in [0.4, 0.5) is 0 Å². The van der Waals surface area contributed by atoms with Crippen molar-refractivity contribution in [1.29, 1.82) is 0 Å². The first-order valence-corrected chi connectivity index (χ1v) is 6.64. The fraction of sp³-hybridized carbons (Fsp3) is 0.231. The van der Waals surface area contributed by atoms with Crippen LogP contribution in [0.25, 0.3) is 11.6 Å². The summed E-state index contributed by atoms with van der Waals surface area (Å²) in [6, 6.07) is 6.00. The Kier molecular flexibility index (Phi) is 2.82. The molecule has 3 aromatic heterocycles. The third kappa shape index (κ3) is 1.92. The van der Waals surface area contributed by atoms with Crippen LogP contribution in [0.5, 0.6) is 5.75 Å². The van der Waals surface area contributed by atoms with E-state index in [0.29, 0.717) is 5.95 Å². The Balaban J connectivity index is 2.22. The van der Waals surface area contributed by atoms with Gasteiger partial charge in [-0.2, -0.15) is 4.98 Å². The van der Waals surface area contributed by atoms with E-state index in [1.807, 2.05) is 30.7 Å². The molecule has 0 unspecified atom stereocenters. The fourth-order valence-corrected chi connectivity index (χ4v) is 2.57. The van der Waals surface area contributed by atoms with Gasteiger partial charge < -0.3 is 4.74 Å². The Labute approximate surface area is 119 Å². The van der Waals surface area contributed by atoms with Gasteiger partial charge in [-0.15, -0.1) is 5.10 Å². The molecule has 0 spiro atoms. The summed E-state index contributed by atoms with van der Waals surface area (Å²) in [6.45, 7) is 4.07. The SMILES string of the molecule is COc1cn2nc(-n3c(C)ccc3C)nc2cc1Br. The second-order valence-corrected chi connectivity index (χ2v) is 5.21. The van der Waals surface area contributed by atoms with Gasteiger partial charge in [-0.05, 0) is 41.9 Å². The van der Waals surface area contributed by atoms with Crippen molar-refractivity contribution in [2.45, 2.75) is 13.8 Å². The molecular formula is C13H13BrN4O. The van der Waals surface area contributed by atoms with Gasteiger partial charge in [0, 0.05) is 17.5 Å². The normalized spacial score (nSPS) is 11.2. The zero-order chi connectivity index (χ0) is 13.6. The first-order valence-electron chi connectivity index (χ1n) is 5.85. The molecule has 0 amide bonds. The Bertz CT molecular complexity index is 740. The Morgan fingerprint density at radius 1 is 1.21 bits per heavy atom. The molecule has 0 aromatic carbocycles. The van der Waals surface area contributed by atoms with E-state index in [9.17, 15) is 0 Å². The molecule has 0 aliphatic rings. The number of aromatic nitrogens is 4. The quantitative estimate of drug-likeness (QED) is 0.729. The summed E-state index contributed by atoms with van der Waals surface area (Å²) in [5, 5.41) is 4.49. The number of aryl methyl sites for hydroxylation is 2. The molecule has 3 heterocycles. The number of hydrogen-bond acceptors (Lipinski definition) is 3. The van der Waals surface area contributed by atoms with E-state index in [2.05, 4.69) is 38.1 Å². The van der Waals surface area contributed by atoms with Gasteiger partial charge in [0.1, 0.15) is 0 Å². The van der Waals surface area contributed by atoms with E-state index < -0.39 is 0 Å². The fourth-order valence-electron chi connectivity index (χ4n) is 2.10. The maximum absolute atomic E-state index is 5.26. The van der Waals surface area contributed by atoms with E-state index in [1.54, 1.807) is 11.6 Å². The average molecular weight is 321 g/mol. The lowest BCUT2D eigenvalue weighted by Crippen LogP contribution is -2.01. The van der Waals surface area contributed by atoms with Crippen molar-refractivity contribution < 1.29 is 4.74 Å². The van der Waals surface area contributed by atoms with Crippen molar-refractivity contribution in [2.24, 2.45) is 0 Å². The predicted octanol–water partition coefficient (Wildman–Crippen LogP) is 2.91. The molecule has 0 aliphatic heterocycles. The van der Waals surface area contributed by atoms with Crippen molar-refractivity contribution >= 4 is 21.6 Å². The van der Waals surface area contributed by atoms with E-state index in [-0.39, 0.29) is 0 Å². The van der Waals surface area contributed by atoms with Crippen molar-refractivity contribution in [1.82, 2.24) is 19.2 Å². The van der Waals surface area contributed by atoms with Gasteiger partial charge in [0.05, 0.1) is 17.8 Å². The summed E-state index contributed by atoms with van der Waals surface area (Å²) in [6.07, 6.45) is 1.81. The minimum Gasteiger partial charge on any atom is -0.494 e. The smallest absolute Gasteiger partial charge is 0.254 e. The van der Waals surface area contributed by atoms with Gasteiger partial charge in [-0.25, -0.2) is 4.52 Å². The van der Waals surface area contributed by atoms with Gasteiger partial charge in [-0.1, -0.05) is 0 Å². The molecule has 0 radical (unpaired) electrons. The summed E-state index contributed by atoms with van der Waals surface area (Å²) >= 11 is 3.45. The topological polar surface area (TPSA) is 44.4 Å². The Hall–Kier alpha value is -1.82. The van der Waals surface area contributed by atoms with Crippen LogP contribution in [0.1, 0.15) is 11.4 Å². The van der Waals surface area contributed by atoms with Crippen LogP contribution in [-0.2, 0) is 0 Å². The molecule has 0 aliphatic carbocycles. The van der Waals surface area contributed by atoms with Crippen LogP contribution in [0.2, 0.25) is 0 Å². The van der Waals surface area contributed by atoms with E-state index in [1.165, 1.54) is 0 Å². The third-order valence-corrected chi connectivity index (χ3v) is 3.69. The highest BCUT2D eigenvalue weighted by Crippen LogP contribution is 2.25. The highest BCUT2D eigenvalue weighted by Gasteiger charge is 2.12. The second-order valence-electron chi connectivity index (χ2n) is 4.36. The highest BCUT2D eigenvalue weighted by molar-refractivity contribution is 9.10. The number of nitrogens with zero attached hydrogens (tertiary/aromatic N) is 4. The summed E-state index contributed by atoms with van der Waals surface area (Å²) in [7, 11) is 1.63. The number of hydrogen-bond donors (Lipinski definition) is 0. The highest BCUT2D eigenvalue weighted by atomic mass is 79.9. The number of halogens is 1. The van der Waals surface area contributed by atoms with E-state index >= 15 is 0 Å². The second kappa shape index (κ2) is 4.38. The van der Waals surface area contributed by atoms with Crippen molar-refractivity contribution in [2.75, 3.05) is 7.11 Å². The Morgan fingerprint density at radius 2 is 1.89 bits per heavy atom. The molecule has 0 fully saturated rings. The maximum Gasteiger partial charge on any atom is 0.254 e. The number of methoxy groups -OCH3 is 1. The first-order chi connectivity index (χ1) is 9.10. The van der Waals surface area contributed by atoms with Gasteiger partial charge in [0.2, 0.25) is 0 Å². The Morgan fingerprint density at radius 3 is 2.53 bits per heavy atom. The largest absolute Gasteiger partial charge is 0.494 e. The van der Waals surface area contributed by atoms with Gasteiger partial charge in [0.15, 0.2) is 11.4 Å². The molecule has 6 heteroatoms. The molecule has 0 saturated heterocycles. The standard InChI is InChI=1S/C13H13BrN4O/c1-8-4-5-9(2)18(8)13-15-12-6-10(14)11(19-3)7-17(12)16-13/h4-7H,1-3H3. The molecule has 3 aromatic rings. The zero-order valence-corrected chi connectivity index (χ0v) is 12.5. The van der Waals surface area contributed by atoms with Gasteiger partial charge >= 0.3 is 0 Å². The lowest BCUT2D eigenvalue weighted by atomic mass is 10.4. The lowest BCUT2D eigenvalue weighted by molar-refractivity contribution is 0.409. The molecule has 0 bridgehead atoms. The molecule has 5 nitrogen and oxygen atoms in total. The number of pyridine rings is 1. The molecule has 3 rings (SSSR count). The molecule has 0 N–H and O–H groups in total. The molecule has 98 valence electrons. The van der Waals surface area contributed by atoms with Gasteiger partial charge in [-0.3, -0.25) is 4.57 Å². The minimum absolute atomic E-state index is 0.667.